The summed E-state index contributed by atoms with van der Waals surface area (Å²) in [6.45, 7) is 3.10. The van der Waals surface area contributed by atoms with Gasteiger partial charge in [0, 0.05) is 23.2 Å². The molecule has 0 spiro atoms. The SMILES string of the molecule is CCN(Cc1cccs1)C(=O)c1ccc(S(C)(=O)=O)cc1. The highest BCUT2D eigenvalue weighted by molar-refractivity contribution is 7.90. The topological polar surface area (TPSA) is 54.5 Å². The Morgan fingerprint density at radius 3 is 2.33 bits per heavy atom. The Bertz CT molecular complexity index is 704. The monoisotopic (exact) mass is 323 g/mol. The molecule has 1 aromatic carbocycles. The summed E-state index contributed by atoms with van der Waals surface area (Å²) in [5.41, 5.74) is 0.501. The van der Waals surface area contributed by atoms with E-state index in [-0.39, 0.29) is 10.8 Å². The van der Waals surface area contributed by atoms with Crippen LogP contribution in [0.3, 0.4) is 0 Å². The quantitative estimate of drug-likeness (QED) is 0.850. The van der Waals surface area contributed by atoms with Gasteiger partial charge >= 0.3 is 0 Å². The molecule has 1 aromatic heterocycles. The van der Waals surface area contributed by atoms with E-state index in [0.717, 1.165) is 11.1 Å². The highest BCUT2D eigenvalue weighted by Gasteiger charge is 2.16. The van der Waals surface area contributed by atoms with Crippen molar-refractivity contribution < 1.29 is 13.2 Å². The van der Waals surface area contributed by atoms with Gasteiger partial charge in [-0.1, -0.05) is 6.07 Å². The largest absolute Gasteiger partial charge is 0.334 e. The number of carbonyl (C=O) groups excluding carboxylic acids is 1. The lowest BCUT2D eigenvalue weighted by atomic mass is 10.2. The molecule has 1 amide bonds. The highest BCUT2D eigenvalue weighted by Crippen LogP contribution is 2.16. The Labute approximate surface area is 129 Å². The zero-order valence-electron chi connectivity index (χ0n) is 11.9. The fourth-order valence-corrected chi connectivity index (χ4v) is 3.30. The third-order valence-corrected chi connectivity index (χ3v) is 5.11. The second-order valence-electron chi connectivity index (χ2n) is 4.70. The zero-order valence-corrected chi connectivity index (χ0v) is 13.6. The van der Waals surface area contributed by atoms with Crippen molar-refractivity contribution in [3.63, 3.8) is 0 Å². The molecule has 0 saturated carbocycles. The van der Waals surface area contributed by atoms with Crippen molar-refractivity contribution in [3.05, 3.63) is 52.2 Å². The molecule has 0 fully saturated rings. The minimum Gasteiger partial charge on any atom is -0.334 e. The summed E-state index contributed by atoms with van der Waals surface area (Å²) >= 11 is 1.61. The molecule has 21 heavy (non-hydrogen) atoms. The Morgan fingerprint density at radius 1 is 1.19 bits per heavy atom. The van der Waals surface area contributed by atoms with Crippen LogP contribution in [0.15, 0.2) is 46.7 Å². The number of hydrogen-bond donors (Lipinski definition) is 0. The molecular weight excluding hydrogens is 306 g/mol. The van der Waals surface area contributed by atoms with Gasteiger partial charge in [0.15, 0.2) is 9.84 Å². The van der Waals surface area contributed by atoms with E-state index in [0.29, 0.717) is 18.7 Å². The standard InChI is InChI=1S/C15H17NO3S2/c1-3-16(11-13-5-4-10-20-13)15(17)12-6-8-14(9-7-12)21(2,18)19/h4-10H,3,11H2,1-2H3. The van der Waals surface area contributed by atoms with Gasteiger partial charge in [0.05, 0.1) is 11.4 Å². The maximum absolute atomic E-state index is 12.4. The molecule has 0 saturated heterocycles. The van der Waals surface area contributed by atoms with E-state index >= 15 is 0 Å². The molecule has 2 rings (SSSR count). The van der Waals surface area contributed by atoms with E-state index in [1.165, 1.54) is 12.1 Å². The van der Waals surface area contributed by atoms with Crippen LogP contribution in [-0.4, -0.2) is 32.0 Å². The second kappa shape index (κ2) is 6.41. The van der Waals surface area contributed by atoms with Gasteiger partial charge in [0.2, 0.25) is 0 Å². The number of rotatable bonds is 5. The number of thiophene rings is 1. The molecule has 1 heterocycles. The van der Waals surface area contributed by atoms with Gasteiger partial charge in [-0.15, -0.1) is 11.3 Å². The van der Waals surface area contributed by atoms with Crippen LogP contribution in [0.25, 0.3) is 0 Å². The van der Waals surface area contributed by atoms with Gasteiger partial charge in [-0.3, -0.25) is 4.79 Å². The molecule has 0 bridgehead atoms. The van der Waals surface area contributed by atoms with Crippen LogP contribution in [-0.2, 0) is 16.4 Å². The first kappa shape index (κ1) is 15.7. The first-order chi connectivity index (χ1) is 9.91. The average molecular weight is 323 g/mol. The van der Waals surface area contributed by atoms with Crippen LogP contribution >= 0.6 is 11.3 Å². The Kier molecular flexibility index (Phi) is 4.80. The molecule has 112 valence electrons. The summed E-state index contributed by atoms with van der Waals surface area (Å²) in [5.74, 6) is -0.0917. The second-order valence-corrected chi connectivity index (χ2v) is 7.74. The molecule has 0 N–H and O–H groups in total. The average Bonchev–Trinajstić information content (AvgIpc) is 2.96. The van der Waals surface area contributed by atoms with E-state index in [4.69, 9.17) is 0 Å². The third kappa shape index (κ3) is 3.92. The van der Waals surface area contributed by atoms with Gasteiger partial charge < -0.3 is 4.90 Å². The van der Waals surface area contributed by atoms with Crippen molar-refractivity contribution in [3.8, 4) is 0 Å². The van der Waals surface area contributed by atoms with Crippen molar-refractivity contribution in [2.75, 3.05) is 12.8 Å². The number of hydrogen-bond acceptors (Lipinski definition) is 4. The zero-order chi connectivity index (χ0) is 15.5. The molecular formula is C15H17NO3S2. The summed E-state index contributed by atoms with van der Waals surface area (Å²) in [6.07, 6.45) is 1.15. The minimum absolute atomic E-state index is 0.0917. The van der Waals surface area contributed by atoms with Crippen LogP contribution < -0.4 is 0 Å². The lowest BCUT2D eigenvalue weighted by Gasteiger charge is -2.20. The maximum atomic E-state index is 12.4. The van der Waals surface area contributed by atoms with Crippen LogP contribution in [0.2, 0.25) is 0 Å². The fourth-order valence-electron chi connectivity index (χ4n) is 1.95. The van der Waals surface area contributed by atoms with Crippen LogP contribution in [0.4, 0.5) is 0 Å². The first-order valence-corrected chi connectivity index (χ1v) is 9.30. The molecule has 0 radical (unpaired) electrons. The molecule has 0 aliphatic heterocycles. The number of sulfone groups is 1. The van der Waals surface area contributed by atoms with Crippen molar-refractivity contribution in [1.29, 1.82) is 0 Å². The van der Waals surface area contributed by atoms with E-state index in [1.807, 2.05) is 24.4 Å². The van der Waals surface area contributed by atoms with Crippen molar-refractivity contribution in [1.82, 2.24) is 4.90 Å². The van der Waals surface area contributed by atoms with E-state index in [9.17, 15) is 13.2 Å². The third-order valence-electron chi connectivity index (χ3n) is 3.13. The smallest absolute Gasteiger partial charge is 0.254 e. The Hall–Kier alpha value is -1.66. The molecule has 4 nitrogen and oxygen atoms in total. The molecule has 2 aromatic rings. The molecule has 0 aliphatic carbocycles. The van der Waals surface area contributed by atoms with Crippen molar-refractivity contribution in [2.24, 2.45) is 0 Å². The number of amides is 1. The number of nitrogens with zero attached hydrogens (tertiary/aromatic N) is 1. The van der Waals surface area contributed by atoms with Gasteiger partial charge in [-0.05, 0) is 42.6 Å². The summed E-state index contributed by atoms with van der Waals surface area (Å²) in [7, 11) is -3.24. The highest BCUT2D eigenvalue weighted by atomic mass is 32.2. The van der Waals surface area contributed by atoms with Crippen LogP contribution in [0.5, 0.6) is 0 Å². The van der Waals surface area contributed by atoms with Gasteiger partial charge in [0.1, 0.15) is 0 Å². The summed E-state index contributed by atoms with van der Waals surface area (Å²) in [5, 5.41) is 1.98. The van der Waals surface area contributed by atoms with Crippen molar-refractivity contribution in [2.45, 2.75) is 18.4 Å². The lowest BCUT2D eigenvalue weighted by Crippen LogP contribution is -2.29. The summed E-state index contributed by atoms with van der Waals surface area (Å²) < 4.78 is 22.8. The Morgan fingerprint density at radius 2 is 1.86 bits per heavy atom. The number of carbonyl (C=O) groups is 1. The van der Waals surface area contributed by atoms with Gasteiger partial charge in [-0.2, -0.15) is 0 Å². The van der Waals surface area contributed by atoms with Crippen LogP contribution in [0.1, 0.15) is 22.2 Å². The molecule has 6 heteroatoms. The summed E-state index contributed by atoms with van der Waals surface area (Å²) in [6, 6.07) is 10.0. The summed E-state index contributed by atoms with van der Waals surface area (Å²) in [4.78, 5) is 15.5. The first-order valence-electron chi connectivity index (χ1n) is 6.53. The molecule has 0 unspecified atom stereocenters. The molecule has 0 atom stereocenters. The Balaban J connectivity index is 2.18. The lowest BCUT2D eigenvalue weighted by molar-refractivity contribution is 0.0754. The fraction of sp³-hybridized carbons (Fsp3) is 0.267. The predicted molar refractivity (Wildman–Crippen MR) is 84.3 cm³/mol. The van der Waals surface area contributed by atoms with E-state index in [1.54, 1.807) is 28.4 Å². The van der Waals surface area contributed by atoms with Gasteiger partial charge in [-0.25, -0.2) is 8.42 Å². The van der Waals surface area contributed by atoms with Gasteiger partial charge in [0.25, 0.3) is 5.91 Å². The minimum atomic E-state index is -3.24. The van der Waals surface area contributed by atoms with E-state index < -0.39 is 9.84 Å². The molecule has 0 aliphatic rings. The van der Waals surface area contributed by atoms with Crippen LogP contribution in [0, 0.1) is 0 Å². The maximum Gasteiger partial charge on any atom is 0.254 e. The van der Waals surface area contributed by atoms with E-state index in [2.05, 4.69) is 0 Å². The predicted octanol–water partition coefficient (Wildman–Crippen LogP) is 2.81. The number of benzene rings is 1. The van der Waals surface area contributed by atoms with Crippen molar-refractivity contribution >= 4 is 27.1 Å². The normalized spacial score (nSPS) is 11.3.